The first-order valence-corrected chi connectivity index (χ1v) is 7.55. The van der Waals surface area contributed by atoms with Gasteiger partial charge in [0.15, 0.2) is 0 Å². The standard InChI is InChI=1S/C12H14BrIN2O/c13-11-5-4-9(14)8-10(11)12(17)15-16-6-2-1-3-7-16/h4-5,8H,1-3,6-7H2,(H,15,17). The number of nitrogens with one attached hydrogen (secondary N) is 1. The van der Waals surface area contributed by atoms with Crippen LogP contribution in [0.1, 0.15) is 29.6 Å². The van der Waals surface area contributed by atoms with Gasteiger partial charge in [0.05, 0.1) is 5.56 Å². The third-order valence-corrected chi connectivity index (χ3v) is 4.15. The molecule has 17 heavy (non-hydrogen) atoms. The molecule has 0 aliphatic carbocycles. The molecule has 3 nitrogen and oxygen atoms in total. The normalized spacial score (nSPS) is 16.8. The molecule has 0 saturated carbocycles. The number of piperidine rings is 1. The summed E-state index contributed by atoms with van der Waals surface area (Å²) in [5.74, 6) is -0.0303. The lowest BCUT2D eigenvalue weighted by molar-refractivity contribution is 0.0749. The number of hydrogen-bond donors (Lipinski definition) is 1. The third kappa shape index (κ3) is 3.66. The molecule has 1 aromatic carbocycles. The zero-order valence-electron chi connectivity index (χ0n) is 9.38. The Morgan fingerprint density at radius 3 is 2.71 bits per heavy atom. The molecule has 5 heteroatoms. The Kier molecular flexibility index (Phi) is 4.81. The summed E-state index contributed by atoms with van der Waals surface area (Å²) >= 11 is 5.62. The Hall–Kier alpha value is -0.140. The fourth-order valence-corrected chi connectivity index (χ4v) is 2.80. The van der Waals surface area contributed by atoms with E-state index >= 15 is 0 Å². The average molecular weight is 409 g/mol. The lowest BCUT2D eigenvalue weighted by Gasteiger charge is -2.27. The van der Waals surface area contributed by atoms with Crippen LogP contribution in [0, 0.1) is 3.57 Å². The van der Waals surface area contributed by atoms with Gasteiger partial charge in [-0.2, -0.15) is 0 Å². The first kappa shape index (κ1) is 13.3. The fourth-order valence-electron chi connectivity index (χ4n) is 1.88. The predicted molar refractivity (Wildman–Crippen MR) is 79.7 cm³/mol. The highest BCUT2D eigenvalue weighted by molar-refractivity contribution is 14.1. The highest BCUT2D eigenvalue weighted by atomic mass is 127. The molecule has 1 amide bonds. The predicted octanol–water partition coefficient (Wildman–Crippen LogP) is 3.18. The van der Waals surface area contributed by atoms with E-state index < -0.39 is 0 Å². The van der Waals surface area contributed by atoms with Crippen molar-refractivity contribution >= 4 is 44.4 Å². The molecule has 0 atom stereocenters. The second-order valence-corrected chi connectivity index (χ2v) is 6.21. The Labute approximate surface area is 123 Å². The molecular formula is C12H14BrIN2O. The van der Waals surface area contributed by atoms with E-state index in [9.17, 15) is 4.79 Å². The highest BCUT2D eigenvalue weighted by Crippen LogP contribution is 2.19. The highest BCUT2D eigenvalue weighted by Gasteiger charge is 2.16. The van der Waals surface area contributed by atoms with Gasteiger partial charge in [-0.15, -0.1) is 0 Å². The van der Waals surface area contributed by atoms with Crippen molar-refractivity contribution in [1.82, 2.24) is 10.4 Å². The SMILES string of the molecule is O=C(NN1CCCCC1)c1cc(I)ccc1Br. The van der Waals surface area contributed by atoms with Crippen LogP contribution in [0.4, 0.5) is 0 Å². The minimum Gasteiger partial charge on any atom is -0.285 e. The summed E-state index contributed by atoms with van der Waals surface area (Å²) in [6, 6.07) is 5.78. The molecule has 1 saturated heterocycles. The van der Waals surface area contributed by atoms with Crippen LogP contribution in [0.3, 0.4) is 0 Å². The number of hydrogen-bond acceptors (Lipinski definition) is 2. The molecule has 0 radical (unpaired) electrons. The van der Waals surface area contributed by atoms with E-state index in [0.29, 0.717) is 5.56 Å². The molecule has 2 rings (SSSR count). The maximum absolute atomic E-state index is 12.1. The lowest BCUT2D eigenvalue weighted by Crippen LogP contribution is -2.45. The molecule has 1 heterocycles. The number of nitrogens with zero attached hydrogens (tertiary/aromatic N) is 1. The zero-order chi connectivity index (χ0) is 12.3. The smallest absolute Gasteiger partial charge is 0.266 e. The Bertz CT molecular complexity index is 419. The minimum absolute atomic E-state index is 0.0303. The molecule has 1 N–H and O–H groups in total. The van der Waals surface area contributed by atoms with Crippen molar-refractivity contribution in [2.24, 2.45) is 0 Å². The molecule has 0 unspecified atom stereocenters. The van der Waals surface area contributed by atoms with Crippen molar-refractivity contribution in [2.75, 3.05) is 13.1 Å². The van der Waals surface area contributed by atoms with Crippen LogP contribution in [0.25, 0.3) is 0 Å². The van der Waals surface area contributed by atoms with Crippen LogP contribution < -0.4 is 5.43 Å². The number of rotatable bonds is 2. The van der Waals surface area contributed by atoms with E-state index in [4.69, 9.17) is 0 Å². The topological polar surface area (TPSA) is 32.3 Å². The summed E-state index contributed by atoms with van der Waals surface area (Å²) in [6.07, 6.45) is 3.58. The van der Waals surface area contributed by atoms with Gasteiger partial charge >= 0.3 is 0 Å². The second-order valence-electron chi connectivity index (χ2n) is 4.11. The second kappa shape index (κ2) is 6.15. The lowest BCUT2D eigenvalue weighted by atomic mass is 10.1. The quantitative estimate of drug-likeness (QED) is 0.762. The van der Waals surface area contributed by atoms with E-state index in [-0.39, 0.29) is 5.91 Å². The van der Waals surface area contributed by atoms with E-state index in [2.05, 4.69) is 43.9 Å². The maximum Gasteiger partial charge on any atom is 0.266 e. The van der Waals surface area contributed by atoms with E-state index in [1.807, 2.05) is 23.2 Å². The first-order valence-electron chi connectivity index (χ1n) is 5.68. The first-order chi connectivity index (χ1) is 8.16. The molecule has 1 aliphatic heterocycles. The number of carbonyl (C=O) groups is 1. The molecule has 0 spiro atoms. The van der Waals surface area contributed by atoms with Crippen LogP contribution in [0.5, 0.6) is 0 Å². The summed E-state index contributed by atoms with van der Waals surface area (Å²) in [6.45, 7) is 1.90. The van der Waals surface area contributed by atoms with Gasteiger partial charge in [0.1, 0.15) is 0 Å². The van der Waals surface area contributed by atoms with E-state index in [1.54, 1.807) is 0 Å². The number of amides is 1. The fraction of sp³-hybridized carbons (Fsp3) is 0.417. The number of carbonyl (C=O) groups excluding carboxylic acids is 1. The van der Waals surface area contributed by atoms with Gasteiger partial charge in [-0.3, -0.25) is 10.2 Å². The minimum atomic E-state index is -0.0303. The van der Waals surface area contributed by atoms with Crippen molar-refractivity contribution in [3.05, 3.63) is 31.8 Å². The Balaban J connectivity index is 2.05. The zero-order valence-corrected chi connectivity index (χ0v) is 13.1. The largest absolute Gasteiger partial charge is 0.285 e. The van der Waals surface area contributed by atoms with Crippen LogP contribution >= 0.6 is 38.5 Å². The van der Waals surface area contributed by atoms with Crippen molar-refractivity contribution in [1.29, 1.82) is 0 Å². The van der Waals surface area contributed by atoms with Gasteiger partial charge in [0.25, 0.3) is 5.91 Å². The number of halogens is 2. The Morgan fingerprint density at radius 1 is 1.29 bits per heavy atom. The molecule has 0 bridgehead atoms. The van der Waals surface area contributed by atoms with E-state index in [1.165, 1.54) is 6.42 Å². The molecule has 1 aliphatic rings. The number of benzene rings is 1. The molecule has 0 aromatic heterocycles. The summed E-state index contributed by atoms with van der Waals surface area (Å²) in [5.41, 5.74) is 3.66. The summed E-state index contributed by atoms with van der Waals surface area (Å²) in [4.78, 5) is 12.1. The third-order valence-electron chi connectivity index (χ3n) is 2.79. The number of hydrazine groups is 1. The monoisotopic (exact) mass is 408 g/mol. The van der Waals surface area contributed by atoms with Crippen LogP contribution in [0.15, 0.2) is 22.7 Å². The van der Waals surface area contributed by atoms with Gasteiger partial charge in [0, 0.05) is 21.1 Å². The summed E-state index contributed by atoms with van der Waals surface area (Å²) in [5, 5.41) is 2.01. The van der Waals surface area contributed by atoms with Crippen molar-refractivity contribution in [3.8, 4) is 0 Å². The summed E-state index contributed by atoms with van der Waals surface area (Å²) in [7, 11) is 0. The van der Waals surface area contributed by atoms with Crippen molar-refractivity contribution in [2.45, 2.75) is 19.3 Å². The molecule has 92 valence electrons. The summed E-state index contributed by atoms with van der Waals surface area (Å²) < 4.78 is 1.90. The maximum atomic E-state index is 12.1. The molecular weight excluding hydrogens is 395 g/mol. The Morgan fingerprint density at radius 2 is 2.00 bits per heavy atom. The van der Waals surface area contributed by atoms with E-state index in [0.717, 1.165) is 34.0 Å². The molecule has 1 aromatic rings. The van der Waals surface area contributed by atoms with Crippen LogP contribution in [0.2, 0.25) is 0 Å². The van der Waals surface area contributed by atoms with Gasteiger partial charge < -0.3 is 0 Å². The average Bonchev–Trinajstić information content (AvgIpc) is 2.33. The molecule has 1 fully saturated rings. The van der Waals surface area contributed by atoms with Gasteiger partial charge in [-0.1, -0.05) is 6.42 Å². The van der Waals surface area contributed by atoms with Crippen LogP contribution in [-0.4, -0.2) is 24.0 Å². The van der Waals surface area contributed by atoms with Crippen LogP contribution in [-0.2, 0) is 0 Å². The van der Waals surface area contributed by atoms with Crippen molar-refractivity contribution < 1.29 is 4.79 Å². The van der Waals surface area contributed by atoms with Crippen molar-refractivity contribution in [3.63, 3.8) is 0 Å². The van der Waals surface area contributed by atoms with Gasteiger partial charge in [-0.05, 0) is 69.6 Å². The van der Waals surface area contributed by atoms with Gasteiger partial charge in [-0.25, -0.2) is 5.01 Å². The van der Waals surface area contributed by atoms with Gasteiger partial charge in [0.2, 0.25) is 0 Å².